The Morgan fingerprint density at radius 3 is 2.94 bits per heavy atom. The second-order valence-corrected chi connectivity index (χ2v) is 6.08. The summed E-state index contributed by atoms with van der Waals surface area (Å²) < 4.78 is 5.77. The highest BCUT2D eigenvalue weighted by molar-refractivity contribution is 14.1. The Bertz CT molecular complexity index is 572. The molecule has 0 aliphatic carbocycles. The van der Waals surface area contributed by atoms with Gasteiger partial charge in [-0.1, -0.05) is 0 Å². The van der Waals surface area contributed by atoms with Gasteiger partial charge in [-0.25, -0.2) is 4.98 Å². The number of rotatable bonds is 2. The monoisotopic (exact) mass is 423 g/mol. The van der Waals surface area contributed by atoms with Gasteiger partial charge < -0.3 is 0 Å². The molecule has 0 saturated heterocycles. The first kappa shape index (κ1) is 12.9. The summed E-state index contributed by atoms with van der Waals surface area (Å²) in [5.41, 5.74) is 0.588. The van der Waals surface area contributed by atoms with Crippen molar-refractivity contribution in [3.8, 4) is 0 Å². The fourth-order valence-electron chi connectivity index (χ4n) is 1.18. The molecule has 1 N–H and O–H groups in total. The van der Waals surface area contributed by atoms with Gasteiger partial charge in [0, 0.05) is 19.6 Å². The maximum atomic E-state index is 12.0. The number of carbonyl (C=O) groups is 1. The third kappa shape index (κ3) is 3.23. The molecule has 0 saturated carbocycles. The van der Waals surface area contributed by atoms with Gasteiger partial charge in [0.05, 0.1) is 5.56 Å². The first-order valence-electron chi connectivity index (χ1n) is 4.63. The van der Waals surface area contributed by atoms with Crippen molar-refractivity contribution in [2.75, 3.05) is 5.32 Å². The van der Waals surface area contributed by atoms with E-state index in [0.29, 0.717) is 16.5 Å². The Kier molecular flexibility index (Phi) is 4.10. The second-order valence-electron chi connectivity index (χ2n) is 3.23. The highest BCUT2D eigenvalue weighted by Crippen LogP contribution is 2.21. The summed E-state index contributed by atoms with van der Waals surface area (Å²) in [5.74, 6) is 0.471. The zero-order valence-corrected chi connectivity index (χ0v) is 13.3. The minimum Gasteiger partial charge on any atom is -0.297 e. The molecule has 88 valence electrons. The molecule has 4 nitrogen and oxygen atoms in total. The van der Waals surface area contributed by atoms with Crippen LogP contribution in [0.15, 0.2) is 22.7 Å². The Hall–Kier alpha value is -0.540. The average Bonchev–Trinajstić information content (AvgIpc) is 2.67. The van der Waals surface area contributed by atoms with E-state index in [4.69, 9.17) is 0 Å². The Morgan fingerprint density at radius 1 is 1.53 bits per heavy atom. The number of nitrogens with zero attached hydrogens (tertiary/aromatic N) is 2. The molecule has 7 heteroatoms. The van der Waals surface area contributed by atoms with E-state index < -0.39 is 0 Å². The smallest absolute Gasteiger partial charge is 0.258 e. The lowest BCUT2D eigenvalue weighted by Crippen LogP contribution is -2.12. The van der Waals surface area contributed by atoms with Gasteiger partial charge in [0.1, 0.15) is 5.82 Å². The zero-order chi connectivity index (χ0) is 12.4. The van der Waals surface area contributed by atoms with Gasteiger partial charge in [-0.3, -0.25) is 10.1 Å². The van der Waals surface area contributed by atoms with E-state index in [-0.39, 0.29) is 5.91 Å². The predicted molar refractivity (Wildman–Crippen MR) is 79.5 cm³/mol. The number of nitrogens with one attached hydrogen (secondary N) is 1. The van der Waals surface area contributed by atoms with Gasteiger partial charge in [0.25, 0.3) is 5.91 Å². The number of carbonyl (C=O) groups excluding carboxylic acids is 1. The van der Waals surface area contributed by atoms with Crippen LogP contribution in [0.3, 0.4) is 0 Å². The van der Waals surface area contributed by atoms with Crippen LogP contribution in [0.2, 0.25) is 0 Å². The van der Waals surface area contributed by atoms with Crippen molar-refractivity contribution >= 4 is 61.1 Å². The van der Waals surface area contributed by atoms with E-state index >= 15 is 0 Å². The van der Waals surface area contributed by atoms with E-state index in [9.17, 15) is 4.79 Å². The van der Waals surface area contributed by atoms with E-state index in [1.165, 1.54) is 11.5 Å². The Balaban J connectivity index is 2.22. The molecule has 1 aromatic carbocycles. The second kappa shape index (κ2) is 5.40. The van der Waals surface area contributed by atoms with Crippen LogP contribution in [-0.4, -0.2) is 15.3 Å². The van der Waals surface area contributed by atoms with Gasteiger partial charge in [0.2, 0.25) is 5.13 Å². The first-order chi connectivity index (χ1) is 8.06. The molecule has 0 bridgehead atoms. The lowest BCUT2D eigenvalue weighted by molar-refractivity contribution is 0.102. The van der Waals surface area contributed by atoms with Crippen molar-refractivity contribution in [1.29, 1.82) is 0 Å². The van der Waals surface area contributed by atoms with Crippen LogP contribution in [0.5, 0.6) is 0 Å². The topological polar surface area (TPSA) is 54.9 Å². The molecule has 0 fully saturated rings. The summed E-state index contributed by atoms with van der Waals surface area (Å²) in [4.78, 5) is 16.1. The van der Waals surface area contributed by atoms with Crippen molar-refractivity contribution in [3.05, 3.63) is 37.6 Å². The van der Waals surface area contributed by atoms with Gasteiger partial charge >= 0.3 is 0 Å². The van der Waals surface area contributed by atoms with E-state index in [0.717, 1.165) is 8.04 Å². The normalized spacial score (nSPS) is 10.3. The quantitative estimate of drug-likeness (QED) is 0.752. The summed E-state index contributed by atoms with van der Waals surface area (Å²) in [6, 6.07) is 5.59. The summed E-state index contributed by atoms with van der Waals surface area (Å²) in [6.45, 7) is 1.79. The van der Waals surface area contributed by atoms with Crippen molar-refractivity contribution in [3.63, 3.8) is 0 Å². The maximum absolute atomic E-state index is 12.0. The van der Waals surface area contributed by atoms with Crippen molar-refractivity contribution in [2.24, 2.45) is 0 Å². The Morgan fingerprint density at radius 2 is 2.29 bits per heavy atom. The number of hydrogen-bond acceptors (Lipinski definition) is 4. The molecular formula is C10H7BrIN3OS. The third-order valence-electron chi connectivity index (χ3n) is 1.92. The largest absolute Gasteiger partial charge is 0.297 e. The molecule has 1 amide bonds. The fourth-order valence-corrected chi connectivity index (χ4v) is 2.67. The summed E-state index contributed by atoms with van der Waals surface area (Å²) >= 11 is 6.69. The first-order valence-corrected chi connectivity index (χ1v) is 7.27. The molecule has 0 unspecified atom stereocenters. The van der Waals surface area contributed by atoms with Crippen LogP contribution in [0.25, 0.3) is 0 Å². The number of hydrogen-bond donors (Lipinski definition) is 1. The molecule has 1 heterocycles. The number of anilines is 1. The molecule has 0 spiro atoms. The summed E-state index contributed by atoms with van der Waals surface area (Å²) in [7, 11) is 0. The zero-order valence-electron chi connectivity index (χ0n) is 8.70. The molecule has 0 aliphatic heterocycles. The SMILES string of the molecule is Cc1nsc(NC(=O)c2cc(I)ccc2Br)n1. The highest BCUT2D eigenvalue weighted by Gasteiger charge is 2.12. The Labute approximate surface area is 124 Å². The average molecular weight is 424 g/mol. The molecule has 0 aliphatic rings. The standard InChI is InChI=1S/C10H7BrIN3OS/c1-5-13-10(17-15-5)14-9(16)7-4-6(12)2-3-8(7)11/h2-4H,1H3,(H,13,14,15,16). The number of amides is 1. The maximum Gasteiger partial charge on any atom is 0.258 e. The number of aromatic nitrogens is 2. The molecule has 2 aromatic rings. The number of halogens is 2. The number of aryl methyl sites for hydroxylation is 1. The van der Waals surface area contributed by atoms with Crippen molar-refractivity contribution < 1.29 is 4.79 Å². The lowest BCUT2D eigenvalue weighted by atomic mass is 10.2. The molecule has 17 heavy (non-hydrogen) atoms. The summed E-state index contributed by atoms with van der Waals surface area (Å²) in [5, 5.41) is 3.23. The van der Waals surface area contributed by atoms with Crippen LogP contribution in [0.1, 0.15) is 16.2 Å². The van der Waals surface area contributed by atoms with Crippen molar-refractivity contribution in [1.82, 2.24) is 9.36 Å². The number of benzene rings is 1. The van der Waals surface area contributed by atoms with Crippen LogP contribution in [0, 0.1) is 10.5 Å². The van der Waals surface area contributed by atoms with Gasteiger partial charge in [-0.05, 0) is 63.6 Å². The van der Waals surface area contributed by atoms with Gasteiger partial charge in [-0.15, -0.1) is 0 Å². The molecule has 2 rings (SSSR count). The van der Waals surface area contributed by atoms with E-state index in [1.807, 2.05) is 18.2 Å². The third-order valence-corrected chi connectivity index (χ3v) is 4.01. The molecule has 0 radical (unpaired) electrons. The summed E-state index contributed by atoms with van der Waals surface area (Å²) in [6.07, 6.45) is 0. The van der Waals surface area contributed by atoms with Crippen LogP contribution in [-0.2, 0) is 0 Å². The lowest BCUT2D eigenvalue weighted by Gasteiger charge is -2.04. The predicted octanol–water partition coefficient (Wildman–Crippen LogP) is 3.47. The van der Waals surface area contributed by atoms with E-state index in [2.05, 4.69) is 53.2 Å². The minimum atomic E-state index is -0.188. The van der Waals surface area contributed by atoms with Crippen LogP contribution in [0.4, 0.5) is 5.13 Å². The van der Waals surface area contributed by atoms with Gasteiger partial charge in [-0.2, -0.15) is 4.37 Å². The van der Waals surface area contributed by atoms with Gasteiger partial charge in [0.15, 0.2) is 0 Å². The van der Waals surface area contributed by atoms with Crippen molar-refractivity contribution in [2.45, 2.75) is 6.92 Å². The highest BCUT2D eigenvalue weighted by atomic mass is 127. The molecule has 1 aromatic heterocycles. The minimum absolute atomic E-state index is 0.188. The van der Waals surface area contributed by atoms with Crippen LogP contribution < -0.4 is 5.32 Å². The fraction of sp³-hybridized carbons (Fsp3) is 0.100. The molecule has 0 atom stereocenters. The van der Waals surface area contributed by atoms with Crippen LogP contribution >= 0.6 is 50.1 Å². The molecular weight excluding hydrogens is 417 g/mol. The van der Waals surface area contributed by atoms with E-state index in [1.54, 1.807) is 6.92 Å².